The Morgan fingerprint density at radius 2 is 1.57 bits per heavy atom. The number of nitrogens with one attached hydrogen (secondary N) is 1. The van der Waals surface area contributed by atoms with Gasteiger partial charge in [0.2, 0.25) is 0 Å². The number of carbonyl (C=O) groups excluding carboxylic acids is 2. The molecule has 1 amide bonds. The predicted octanol–water partition coefficient (Wildman–Crippen LogP) is 4.23. The molecule has 1 aliphatic rings. The third kappa shape index (κ3) is 6.56. The highest BCUT2D eigenvalue weighted by molar-refractivity contribution is 6.62. The van der Waals surface area contributed by atoms with Crippen molar-refractivity contribution in [3.8, 4) is 0 Å². The lowest BCUT2D eigenvalue weighted by Gasteiger charge is -2.32. The molecule has 1 atom stereocenters. The smallest absolute Gasteiger partial charge is 0.464 e. The maximum atomic E-state index is 12.9. The van der Waals surface area contributed by atoms with E-state index in [0.717, 1.165) is 11.0 Å². The van der Waals surface area contributed by atoms with Gasteiger partial charge < -0.3 is 19.4 Å². The Bertz CT molecular complexity index is 1040. The summed E-state index contributed by atoms with van der Waals surface area (Å²) in [6, 6.07) is 6.60. The molecule has 0 spiro atoms. The second-order valence-corrected chi connectivity index (χ2v) is 10.9. The third-order valence-corrected chi connectivity index (χ3v) is 6.75. The van der Waals surface area contributed by atoms with Crippen molar-refractivity contribution in [3.63, 3.8) is 0 Å². The number of hydrogen-bond acceptors (Lipinski definition) is 6. The number of hydrogen-bond donors (Lipinski definition) is 1. The molecule has 1 N–H and O–H groups in total. The minimum atomic E-state index is -0.941. The zero-order chi connectivity index (χ0) is 26.0. The van der Waals surface area contributed by atoms with E-state index in [4.69, 9.17) is 37.2 Å². The fourth-order valence-electron chi connectivity index (χ4n) is 3.43. The van der Waals surface area contributed by atoms with E-state index in [0.29, 0.717) is 0 Å². The molecule has 1 aromatic carbocycles. The molecule has 0 unspecified atom stereocenters. The lowest BCUT2D eigenvalue weighted by atomic mass is 9.78. The van der Waals surface area contributed by atoms with Crippen LogP contribution in [0, 0.1) is 5.92 Å². The molecule has 10 heteroatoms. The summed E-state index contributed by atoms with van der Waals surface area (Å²) in [5, 5.41) is 2.91. The number of rotatable bonds is 8. The first-order valence-corrected chi connectivity index (χ1v) is 12.3. The topological polar surface area (TPSA) is 86.8 Å². The molecule has 0 saturated carbocycles. The quantitative estimate of drug-likeness (QED) is 0.414. The van der Waals surface area contributed by atoms with Gasteiger partial charge >= 0.3 is 13.1 Å². The summed E-state index contributed by atoms with van der Waals surface area (Å²) in [6.07, 6.45) is 2.86. The van der Waals surface area contributed by atoms with Crippen LogP contribution >= 0.6 is 23.2 Å². The summed E-state index contributed by atoms with van der Waals surface area (Å²) in [6.45, 7) is 12.1. The molecule has 7 nitrogen and oxygen atoms in total. The van der Waals surface area contributed by atoms with Crippen LogP contribution in [0.3, 0.4) is 0 Å². The number of aromatic nitrogens is 1. The summed E-state index contributed by atoms with van der Waals surface area (Å²) < 4.78 is 17.6. The van der Waals surface area contributed by atoms with Crippen molar-refractivity contribution in [3.05, 3.63) is 57.8 Å². The Kier molecular flexibility index (Phi) is 8.53. The number of halogens is 2. The van der Waals surface area contributed by atoms with Gasteiger partial charge in [0.05, 0.1) is 33.4 Å². The van der Waals surface area contributed by atoms with Gasteiger partial charge in [-0.05, 0) is 44.6 Å². The van der Waals surface area contributed by atoms with Crippen molar-refractivity contribution >= 4 is 47.7 Å². The van der Waals surface area contributed by atoms with E-state index in [9.17, 15) is 9.59 Å². The van der Waals surface area contributed by atoms with Crippen LogP contribution in [0.15, 0.2) is 36.7 Å². The Morgan fingerprint density at radius 1 is 1.03 bits per heavy atom. The Labute approximate surface area is 217 Å². The largest absolute Gasteiger partial charge is 0.494 e. The lowest BCUT2D eigenvalue weighted by molar-refractivity contribution is -0.147. The second kappa shape index (κ2) is 10.9. The molecule has 2 aromatic rings. The predicted molar refractivity (Wildman–Crippen MR) is 137 cm³/mol. The van der Waals surface area contributed by atoms with Gasteiger partial charge in [-0.25, -0.2) is 4.79 Å². The zero-order valence-corrected chi connectivity index (χ0v) is 22.4. The van der Waals surface area contributed by atoms with Gasteiger partial charge in [0.25, 0.3) is 5.91 Å². The molecule has 1 aliphatic heterocycles. The Morgan fingerprint density at radius 3 is 2.09 bits per heavy atom. The fraction of sp³-hybridized carbons (Fsp3) is 0.480. The first kappa shape index (κ1) is 27.5. The molecule has 3 rings (SSSR count). The summed E-state index contributed by atoms with van der Waals surface area (Å²) in [5.41, 5.74) is 0.860. The average molecular weight is 521 g/mol. The minimum Gasteiger partial charge on any atom is -0.464 e. The van der Waals surface area contributed by atoms with Crippen molar-refractivity contribution < 1.29 is 23.6 Å². The van der Waals surface area contributed by atoms with Crippen molar-refractivity contribution in [2.24, 2.45) is 5.92 Å². The van der Waals surface area contributed by atoms with Gasteiger partial charge in [0.15, 0.2) is 0 Å². The average Bonchev–Trinajstić information content (AvgIpc) is 2.98. The Hall–Kier alpha value is -2.13. The lowest BCUT2D eigenvalue weighted by Crippen LogP contribution is -2.44. The van der Waals surface area contributed by atoms with Crippen LogP contribution < -0.4 is 10.8 Å². The standard InChI is InChI=1S/C25H31BCl2N2O5/c1-15(2)14-33-23(32)20(30-22(31)21-18(27)12-29-13-19(21)28)11-16-7-9-17(10-8-16)26-34-24(3,4)25(5,6)35-26/h7-10,12-13,15,20H,11,14H2,1-6H3,(H,30,31)/t20-/m0/s1. The summed E-state index contributed by atoms with van der Waals surface area (Å²) >= 11 is 12.2. The highest BCUT2D eigenvalue weighted by Gasteiger charge is 2.51. The maximum Gasteiger partial charge on any atom is 0.494 e. The molecule has 2 heterocycles. The molecule has 0 bridgehead atoms. The van der Waals surface area contributed by atoms with Crippen LogP contribution in [0.1, 0.15) is 57.5 Å². The van der Waals surface area contributed by atoms with E-state index in [2.05, 4.69) is 10.3 Å². The van der Waals surface area contributed by atoms with E-state index in [-0.39, 0.29) is 34.6 Å². The van der Waals surface area contributed by atoms with Gasteiger partial charge in [-0.1, -0.05) is 61.3 Å². The zero-order valence-electron chi connectivity index (χ0n) is 20.9. The number of nitrogens with zero attached hydrogens (tertiary/aromatic N) is 1. The third-order valence-electron chi connectivity index (χ3n) is 6.17. The van der Waals surface area contributed by atoms with Crippen molar-refractivity contribution in [2.45, 2.75) is 65.2 Å². The fourth-order valence-corrected chi connectivity index (χ4v) is 3.96. The van der Waals surface area contributed by atoms with Gasteiger partial charge in [-0.2, -0.15) is 0 Å². The Balaban J connectivity index is 1.77. The second-order valence-electron chi connectivity index (χ2n) is 10.1. The first-order valence-electron chi connectivity index (χ1n) is 11.5. The number of carbonyl (C=O) groups is 2. The van der Waals surface area contributed by atoms with Crippen LogP contribution in [0.5, 0.6) is 0 Å². The van der Waals surface area contributed by atoms with Gasteiger partial charge in [0.1, 0.15) is 6.04 Å². The highest BCUT2D eigenvalue weighted by atomic mass is 35.5. The van der Waals surface area contributed by atoms with E-state index in [1.165, 1.54) is 12.4 Å². The number of pyridine rings is 1. The number of amides is 1. The van der Waals surface area contributed by atoms with Crippen molar-refractivity contribution in [1.29, 1.82) is 0 Å². The van der Waals surface area contributed by atoms with E-state index in [1.54, 1.807) is 0 Å². The van der Waals surface area contributed by atoms with Crippen LogP contribution in [0.4, 0.5) is 0 Å². The van der Waals surface area contributed by atoms with Gasteiger partial charge in [-0.3, -0.25) is 9.78 Å². The molecular formula is C25H31BCl2N2O5. The number of benzene rings is 1. The van der Waals surface area contributed by atoms with Crippen LogP contribution in [-0.4, -0.2) is 47.8 Å². The SMILES string of the molecule is CC(C)COC(=O)[C@H](Cc1ccc(B2OC(C)(C)C(C)(C)O2)cc1)NC(=O)c1c(Cl)cncc1Cl. The monoisotopic (exact) mass is 520 g/mol. The number of ether oxygens (including phenoxy) is 1. The van der Waals surface area contributed by atoms with Crippen LogP contribution in [-0.2, 0) is 25.3 Å². The normalized spacial score (nSPS) is 17.3. The molecule has 0 aliphatic carbocycles. The number of esters is 1. The maximum absolute atomic E-state index is 12.9. The summed E-state index contributed by atoms with van der Waals surface area (Å²) in [5.74, 6) is -0.968. The van der Waals surface area contributed by atoms with Crippen molar-refractivity contribution in [2.75, 3.05) is 6.61 Å². The van der Waals surface area contributed by atoms with E-state index in [1.807, 2.05) is 65.8 Å². The highest BCUT2D eigenvalue weighted by Crippen LogP contribution is 2.36. The molecule has 0 radical (unpaired) electrons. The summed E-state index contributed by atoms with van der Waals surface area (Å²) in [7, 11) is -0.489. The minimum absolute atomic E-state index is 0.0566. The van der Waals surface area contributed by atoms with Crippen LogP contribution in [0.2, 0.25) is 10.0 Å². The molecular weight excluding hydrogens is 490 g/mol. The first-order chi connectivity index (χ1) is 16.3. The molecule has 1 aromatic heterocycles. The van der Waals surface area contributed by atoms with Crippen LogP contribution in [0.25, 0.3) is 0 Å². The molecule has 188 valence electrons. The van der Waals surface area contributed by atoms with Gasteiger partial charge in [-0.15, -0.1) is 0 Å². The van der Waals surface area contributed by atoms with E-state index < -0.39 is 36.2 Å². The molecule has 1 saturated heterocycles. The van der Waals surface area contributed by atoms with Gasteiger partial charge in [0, 0.05) is 18.8 Å². The van der Waals surface area contributed by atoms with Crippen molar-refractivity contribution in [1.82, 2.24) is 10.3 Å². The van der Waals surface area contributed by atoms with E-state index >= 15 is 0 Å². The molecule has 1 fully saturated rings. The summed E-state index contributed by atoms with van der Waals surface area (Å²) in [4.78, 5) is 29.6. The molecule has 35 heavy (non-hydrogen) atoms.